The summed E-state index contributed by atoms with van der Waals surface area (Å²) in [6.45, 7) is 24.7. The number of carbonyl (C=O) groups excluding carboxylic acids is 1. The third-order valence-electron chi connectivity index (χ3n) is 5.54. The Balaban J connectivity index is 0. The van der Waals surface area contributed by atoms with Crippen LogP contribution in [0.3, 0.4) is 0 Å². The Labute approximate surface area is 203 Å². The van der Waals surface area contributed by atoms with Gasteiger partial charge in [0, 0.05) is 25.4 Å². The van der Waals surface area contributed by atoms with Crippen LogP contribution in [0.25, 0.3) is 0 Å². The Bertz CT molecular complexity index is 783. The molecule has 0 aliphatic rings. The van der Waals surface area contributed by atoms with Crippen molar-refractivity contribution in [3.05, 3.63) is 69.6 Å². The minimum absolute atomic E-state index is 0.0498. The van der Waals surface area contributed by atoms with Crippen LogP contribution >= 0.6 is 0 Å². The van der Waals surface area contributed by atoms with E-state index in [4.69, 9.17) is 0 Å². The fraction of sp³-hybridized carbons (Fsp3) is 0.586. The number of hydrogen-bond donors (Lipinski definition) is 1. The van der Waals surface area contributed by atoms with Crippen LogP contribution in [0, 0.1) is 12.3 Å². The molecule has 4 nitrogen and oxygen atoms in total. The van der Waals surface area contributed by atoms with Crippen molar-refractivity contribution in [1.29, 1.82) is 0 Å². The highest BCUT2D eigenvalue weighted by atomic mass is 16.2. The normalized spacial score (nSPS) is 10.9. The monoisotopic (exact) mass is 458 g/mol. The molecule has 0 radical (unpaired) electrons. The van der Waals surface area contributed by atoms with E-state index >= 15 is 0 Å². The summed E-state index contributed by atoms with van der Waals surface area (Å²) in [5.74, 6) is 0.617. The van der Waals surface area contributed by atoms with Gasteiger partial charge in [0.25, 0.3) is 5.91 Å². The molecule has 0 saturated carbocycles. The van der Waals surface area contributed by atoms with Gasteiger partial charge in [-0.15, -0.1) is 0 Å². The Morgan fingerprint density at radius 2 is 1.45 bits per heavy atom. The lowest BCUT2D eigenvalue weighted by Gasteiger charge is -2.26. The van der Waals surface area contributed by atoms with E-state index in [1.807, 2.05) is 41.5 Å². The summed E-state index contributed by atoms with van der Waals surface area (Å²) in [6, 6.07) is 11.9. The zero-order valence-corrected chi connectivity index (χ0v) is 23.2. The third kappa shape index (κ3) is 13.1. The van der Waals surface area contributed by atoms with E-state index in [-0.39, 0.29) is 11.5 Å². The predicted molar refractivity (Wildman–Crippen MR) is 145 cm³/mol. The van der Waals surface area contributed by atoms with Crippen LogP contribution in [0.1, 0.15) is 109 Å². The number of nitrogens with one attached hydrogen (secondary N) is 1. The molecule has 0 spiro atoms. The van der Waals surface area contributed by atoms with E-state index in [9.17, 15) is 9.59 Å². The maximum atomic E-state index is 11.7. The molecule has 0 bridgehead atoms. The lowest BCUT2D eigenvalue weighted by atomic mass is 9.79. The number of amides is 1. The summed E-state index contributed by atoms with van der Waals surface area (Å²) in [7, 11) is 0. The second-order valence-electron chi connectivity index (χ2n) is 8.45. The first-order chi connectivity index (χ1) is 15.6. The van der Waals surface area contributed by atoms with Gasteiger partial charge >= 0.3 is 0 Å². The highest BCUT2D eigenvalue weighted by Gasteiger charge is 2.19. The fourth-order valence-electron chi connectivity index (χ4n) is 3.22. The Kier molecular flexibility index (Phi) is 18.0. The number of H-pyrrole nitrogens is 1. The van der Waals surface area contributed by atoms with Crippen molar-refractivity contribution in [3.63, 3.8) is 0 Å². The van der Waals surface area contributed by atoms with Gasteiger partial charge in [-0.25, -0.2) is 0 Å². The van der Waals surface area contributed by atoms with Gasteiger partial charge in [-0.3, -0.25) is 9.59 Å². The number of pyridine rings is 1. The number of aryl methyl sites for hydroxylation is 1. The molecule has 0 aliphatic carbocycles. The van der Waals surface area contributed by atoms with E-state index in [2.05, 4.69) is 63.9 Å². The molecule has 188 valence electrons. The van der Waals surface area contributed by atoms with E-state index in [1.165, 1.54) is 36.2 Å². The quantitative estimate of drug-likeness (QED) is 0.459. The summed E-state index contributed by atoms with van der Waals surface area (Å²) in [5, 5.41) is 0. The first-order valence-corrected chi connectivity index (χ1v) is 12.7. The Morgan fingerprint density at radius 1 is 0.939 bits per heavy atom. The van der Waals surface area contributed by atoms with E-state index in [1.54, 1.807) is 11.0 Å². The van der Waals surface area contributed by atoms with Gasteiger partial charge in [0.2, 0.25) is 5.56 Å². The summed E-state index contributed by atoms with van der Waals surface area (Å²) < 4.78 is 0. The molecule has 1 aromatic carbocycles. The summed E-state index contributed by atoms with van der Waals surface area (Å²) in [4.78, 5) is 26.7. The molecule has 2 rings (SSSR count). The molecule has 1 amide bonds. The number of aromatic nitrogens is 1. The van der Waals surface area contributed by atoms with Crippen molar-refractivity contribution in [2.24, 2.45) is 5.41 Å². The second kappa shape index (κ2) is 18.1. The minimum Gasteiger partial charge on any atom is -0.339 e. The molecule has 1 unspecified atom stereocenters. The third-order valence-corrected chi connectivity index (χ3v) is 5.54. The van der Waals surface area contributed by atoms with Crippen molar-refractivity contribution in [2.75, 3.05) is 13.1 Å². The number of rotatable bonds is 7. The van der Waals surface area contributed by atoms with E-state index in [0.717, 1.165) is 0 Å². The van der Waals surface area contributed by atoms with Crippen molar-refractivity contribution in [2.45, 2.75) is 94.9 Å². The van der Waals surface area contributed by atoms with E-state index in [0.29, 0.717) is 30.0 Å². The summed E-state index contributed by atoms with van der Waals surface area (Å²) >= 11 is 0. The summed E-state index contributed by atoms with van der Waals surface area (Å²) in [6.07, 6.45) is 3.97. The summed E-state index contributed by atoms with van der Waals surface area (Å²) in [5.41, 5.74) is 3.61. The maximum absolute atomic E-state index is 11.7. The maximum Gasteiger partial charge on any atom is 0.255 e. The van der Waals surface area contributed by atoms with Crippen molar-refractivity contribution < 1.29 is 4.79 Å². The van der Waals surface area contributed by atoms with Crippen LogP contribution in [-0.4, -0.2) is 28.9 Å². The molecule has 0 fully saturated rings. The molecule has 1 atom stereocenters. The fourth-order valence-corrected chi connectivity index (χ4v) is 3.22. The lowest BCUT2D eigenvalue weighted by Crippen LogP contribution is -2.30. The SMILES string of the molecule is CC.CC.CCC(C)(C)CC(C)c1ccc(C)cc1.CCN(CC)C(=O)c1ccc(=O)[nH]c1. The largest absolute Gasteiger partial charge is 0.339 e. The van der Waals surface area contributed by atoms with Crippen LogP contribution in [0.4, 0.5) is 0 Å². The standard InChI is InChI=1S/C15H24.C10H14N2O2.2C2H6/c1-6-15(4,5)11-13(3)14-9-7-12(2)8-10-14;1-3-12(4-2)10(14)8-5-6-9(13)11-7-8;2*1-2/h7-10,13H,6,11H2,1-5H3;5-7H,3-4H2,1-2H3,(H,11,13);2*1-2H3. The highest BCUT2D eigenvalue weighted by Crippen LogP contribution is 2.33. The molecule has 4 heteroatoms. The van der Waals surface area contributed by atoms with Crippen molar-refractivity contribution in [1.82, 2.24) is 9.88 Å². The zero-order chi connectivity index (χ0) is 26.0. The molecule has 1 N–H and O–H groups in total. The van der Waals surface area contributed by atoms with Gasteiger partial charge in [-0.05, 0) is 50.2 Å². The van der Waals surface area contributed by atoms with E-state index < -0.39 is 0 Å². The average molecular weight is 459 g/mol. The zero-order valence-electron chi connectivity index (χ0n) is 23.2. The van der Waals surface area contributed by atoms with Crippen molar-refractivity contribution in [3.8, 4) is 0 Å². The molecule has 0 saturated heterocycles. The number of benzene rings is 1. The minimum atomic E-state index is -0.193. The predicted octanol–water partition coefficient (Wildman–Crippen LogP) is 7.83. The van der Waals surface area contributed by atoms with Gasteiger partial charge in [0.15, 0.2) is 0 Å². The Hall–Kier alpha value is -2.36. The Morgan fingerprint density at radius 3 is 1.85 bits per heavy atom. The van der Waals surface area contributed by atoms with Gasteiger partial charge in [0.1, 0.15) is 0 Å². The number of hydrogen-bond acceptors (Lipinski definition) is 2. The molecular weight excluding hydrogens is 408 g/mol. The molecule has 2 aromatic rings. The molecule has 33 heavy (non-hydrogen) atoms. The van der Waals surface area contributed by atoms with Crippen LogP contribution in [0.2, 0.25) is 0 Å². The molecular formula is C29H50N2O2. The second-order valence-corrected chi connectivity index (χ2v) is 8.45. The van der Waals surface area contributed by atoms with Gasteiger partial charge in [-0.1, -0.05) is 91.6 Å². The number of carbonyl (C=O) groups is 1. The number of aromatic amines is 1. The molecule has 1 heterocycles. The average Bonchev–Trinajstić information content (AvgIpc) is 2.83. The number of nitrogens with zero attached hydrogens (tertiary/aromatic N) is 1. The van der Waals surface area contributed by atoms with Gasteiger partial charge < -0.3 is 9.88 Å². The van der Waals surface area contributed by atoms with Crippen LogP contribution in [0.15, 0.2) is 47.4 Å². The van der Waals surface area contributed by atoms with Crippen molar-refractivity contribution >= 4 is 5.91 Å². The van der Waals surface area contributed by atoms with Crippen LogP contribution in [0.5, 0.6) is 0 Å². The lowest BCUT2D eigenvalue weighted by molar-refractivity contribution is 0.0772. The van der Waals surface area contributed by atoms with Gasteiger partial charge in [-0.2, -0.15) is 0 Å². The topological polar surface area (TPSA) is 53.2 Å². The van der Waals surface area contributed by atoms with Crippen LogP contribution in [-0.2, 0) is 0 Å². The molecule has 1 aromatic heterocycles. The van der Waals surface area contributed by atoms with Crippen LogP contribution < -0.4 is 5.56 Å². The van der Waals surface area contributed by atoms with Gasteiger partial charge in [0.05, 0.1) is 5.56 Å². The first kappa shape index (κ1) is 32.8. The highest BCUT2D eigenvalue weighted by molar-refractivity contribution is 5.93. The first-order valence-electron chi connectivity index (χ1n) is 12.7. The molecule has 0 aliphatic heterocycles. The smallest absolute Gasteiger partial charge is 0.255 e.